The lowest BCUT2D eigenvalue weighted by molar-refractivity contribution is 0.506. The van der Waals surface area contributed by atoms with Gasteiger partial charge in [0.2, 0.25) is 0 Å². The van der Waals surface area contributed by atoms with Gasteiger partial charge in [-0.1, -0.05) is 52.0 Å². The first-order valence-corrected chi connectivity index (χ1v) is 5.90. The summed E-state index contributed by atoms with van der Waals surface area (Å²) >= 11 is 0. The van der Waals surface area contributed by atoms with Crippen LogP contribution in [0.5, 0.6) is 0 Å². The quantitative estimate of drug-likeness (QED) is 0.776. The molecule has 0 aromatic heterocycles. The van der Waals surface area contributed by atoms with Gasteiger partial charge < -0.3 is 5.32 Å². The van der Waals surface area contributed by atoms with Crippen molar-refractivity contribution in [3.63, 3.8) is 0 Å². The van der Waals surface area contributed by atoms with E-state index < -0.39 is 0 Å². The molecule has 0 spiro atoms. The Morgan fingerprint density at radius 1 is 1.07 bits per heavy atom. The van der Waals surface area contributed by atoms with Crippen LogP contribution in [0.3, 0.4) is 0 Å². The highest BCUT2D eigenvalue weighted by molar-refractivity contribution is 5.27. The Balaban J connectivity index is 2.72. The fourth-order valence-corrected chi connectivity index (χ4v) is 1.55. The van der Waals surface area contributed by atoms with Crippen molar-refractivity contribution in [2.24, 2.45) is 0 Å². The Bertz CT molecular complexity index is 285. The maximum absolute atomic E-state index is 3.34. The minimum absolute atomic E-state index is 0.302. The van der Waals surface area contributed by atoms with Gasteiger partial charge in [0.25, 0.3) is 0 Å². The van der Waals surface area contributed by atoms with E-state index in [4.69, 9.17) is 0 Å². The number of hydrogen-bond acceptors (Lipinski definition) is 1. The van der Waals surface area contributed by atoms with Crippen molar-refractivity contribution in [1.29, 1.82) is 0 Å². The minimum Gasteiger partial charge on any atom is -0.313 e. The van der Waals surface area contributed by atoms with Crippen molar-refractivity contribution in [3.8, 4) is 0 Å². The molecule has 1 aromatic carbocycles. The summed E-state index contributed by atoms with van der Waals surface area (Å²) in [6, 6.07) is 8.98. The maximum atomic E-state index is 3.34. The summed E-state index contributed by atoms with van der Waals surface area (Å²) in [5.74, 6) is 0. The molecule has 0 saturated heterocycles. The molecule has 0 aliphatic rings. The van der Waals surface area contributed by atoms with Crippen molar-refractivity contribution in [1.82, 2.24) is 5.32 Å². The summed E-state index contributed by atoms with van der Waals surface area (Å²) < 4.78 is 0. The second kappa shape index (κ2) is 5.32. The van der Waals surface area contributed by atoms with Crippen LogP contribution in [0.15, 0.2) is 24.3 Å². The zero-order valence-corrected chi connectivity index (χ0v) is 10.4. The van der Waals surface area contributed by atoms with Gasteiger partial charge in [0, 0.05) is 6.54 Å². The van der Waals surface area contributed by atoms with Crippen LogP contribution in [-0.4, -0.2) is 6.54 Å². The van der Waals surface area contributed by atoms with Crippen LogP contribution in [0, 0.1) is 0 Å². The molecular formula is C14H23N. The Hall–Kier alpha value is -0.820. The van der Waals surface area contributed by atoms with Gasteiger partial charge in [-0.15, -0.1) is 0 Å². The van der Waals surface area contributed by atoms with Crippen molar-refractivity contribution in [2.45, 2.75) is 46.1 Å². The van der Waals surface area contributed by atoms with E-state index in [1.165, 1.54) is 17.5 Å². The molecule has 1 heteroatoms. The van der Waals surface area contributed by atoms with Crippen LogP contribution in [0.4, 0.5) is 0 Å². The van der Waals surface area contributed by atoms with Crippen molar-refractivity contribution < 1.29 is 0 Å². The zero-order chi connectivity index (χ0) is 11.3. The van der Waals surface area contributed by atoms with Crippen LogP contribution in [0.1, 0.15) is 45.2 Å². The van der Waals surface area contributed by atoms with Gasteiger partial charge in [0.05, 0.1) is 0 Å². The van der Waals surface area contributed by atoms with Crippen molar-refractivity contribution in [2.75, 3.05) is 6.54 Å². The van der Waals surface area contributed by atoms with E-state index in [1.54, 1.807) is 0 Å². The molecule has 0 aliphatic heterocycles. The molecule has 1 nitrogen and oxygen atoms in total. The van der Waals surface area contributed by atoms with Crippen LogP contribution >= 0.6 is 0 Å². The highest BCUT2D eigenvalue weighted by Gasteiger charge is 2.17. The normalized spacial score (nSPS) is 11.7. The number of hydrogen-bond donors (Lipinski definition) is 1. The topological polar surface area (TPSA) is 12.0 Å². The molecule has 0 amide bonds. The lowest BCUT2D eigenvalue weighted by Gasteiger charge is -2.23. The van der Waals surface area contributed by atoms with E-state index in [1.807, 2.05) is 0 Å². The summed E-state index contributed by atoms with van der Waals surface area (Å²) in [5.41, 5.74) is 3.11. The molecule has 0 saturated carbocycles. The minimum atomic E-state index is 0.302. The van der Waals surface area contributed by atoms with Crippen molar-refractivity contribution in [3.05, 3.63) is 35.4 Å². The van der Waals surface area contributed by atoms with E-state index in [0.29, 0.717) is 5.41 Å². The maximum Gasteiger partial charge on any atom is 0.0205 e. The van der Waals surface area contributed by atoms with E-state index in [2.05, 4.69) is 57.3 Å². The number of nitrogens with one attached hydrogen (secondary N) is 1. The van der Waals surface area contributed by atoms with Gasteiger partial charge in [-0.05, 0) is 29.5 Å². The highest BCUT2D eigenvalue weighted by Crippen LogP contribution is 2.26. The number of rotatable bonds is 5. The molecule has 1 aromatic rings. The monoisotopic (exact) mass is 205 g/mol. The molecular weight excluding hydrogens is 182 g/mol. The van der Waals surface area contributed by atoms with Gasteiger partial charge in [0.15, 0.2) is 0 Å². The zero-order valence-electron chi connectivity index (χ0n) is 10.4. The van der Waals surface area contributed by atoms with Crippen LogP contribution in [0.25, 0.3) is 0 Å². The lowest BCUT2D eigenvalue weighted by Crippen LogP contribution is -2.16. The van der Waals surface area contributed by atoms with Crippen LogP contribution in [0.2, 0.25) is 0 Å². The Labute approximate surface area is 93.9 Å². The largest absolute Gasteiger partial charge is 0.313 e. The van der Waals surface area contributed by atoms with Gasteiger partial charge in [-0.25, -0.2) is 0 Å². The first-order valence-electron chi connectivity index (χ1n) is 5.90. The molecule has 15 heavy (non-hydrogen) atoms. The van der Waals surface area contributed by atoms with Gasteiger partial charge in [0.1, 0.15) is 0 Å². The molecule has 84 valence electrons. The number of benzene rings is 1. The fourth-order valence-electron chi connectivity index (χ4n) is 1.55. The smallest absolute Gasteiger partial charge is 0.0205 e. The summed E-state index contributed by atoms with van der Waals surface area (Å²) in [5, 5.41) is 3.34. The molecule has 1 N–H and O–H groups in total. The van der Waals surface area contributed by atoms with Crippen LogP contribution in [-0.2, 0) is 12.0 Å². The summed E-state index contributed by atoms with van der Waals surface area (Å²) in [6.45, 7) is 11.0. The first kappa shape index (κ1) is 12.3. The Morgan fingerprint density at radius 2 is 1.67 bits per heavy atom. The average Bonchev–Trinajstić information content (AvgIpc) is 2.27. The molecule has 0 bridgehead atoms. The molecule has 0 aliphatic carbocycles. The van der Waals surface area contributed by atoms with Gasteiger partial charge >= 0.3 is 0 Å². The third-order valence-electron chi connectivity index (χ3n) is 3.20. The fraction of sp³-hybridized carbons (Fsp3) is 0.571. The summed E-state index contributed by atoms with van der Waals surface area (Å²) in [6.07, 6.45) is 1.18. The molecule has 1 rings (SSSR count). The predicted octanol–water partition coefficient (Wildman–Crippen LogP) is 3.48. The molecule has 0 heterocycles. The second-order valence-corrected chi connectivity index (χ2v) is 4.71. The first-order chi connectivity index (χ1) is 7.10. The molecule has 0 unspecified atom stereocenters. The van der Waals surface area contributed by atoms with Gasteiger partial charge in [-0.2, -0.15) is 0 Å². The average molecular weight is 205 g/mol. The lowest BCUT2D eigenvalue weighted by atomic mass is 9.82. The molecule has 0 fully saturated rings. The highest BCUT2D eigenvalue weighted by atomic mass is 14.8. The SMILES string of the molecule is CCNCc1ccc(C(C)(C)CC)cc1. The second-order valence-electron chi connectivity index (χ2n) is 4.71. The third kappa shape index (κ3) is 3.35. The molecule has 0 radical (unpaired) electrons. The van der Waals surface area contributed by atoms with Crippen molar-refractivity contribution >= 4 is 0 Å². The van der Waals surface area contributed by atoms with Crippen LogP contribution < -0.4 is 5.32 Å². The molecule has 0 atom stereocenters. The van der Waals surface area contributed by atoms with E-state index in [-0.39, 0.29) is 0 Å². The third-order valence-corrected chi connectivity index (χ3v) is 3.20. The summed E-state index contributed by atoms with van der Waals surface area (Å²) in [4.78, 5) is 0. The standard InChI is InChI=1S/C14H23N/c1-5-14(3,4)13-9-7-12(8-10-13)11-15-6-2/h7-10,15H,5-6,11H2,1-4H3. The van der Waals surface area contributed by atoms with E-state index in [9.17, 15) is 0 Å². The van der Waals surface area contributed by atoms with E-state index in [0.717, 1.165) is 13.1 Å². The van der Waals surface area contributed by atoms with E-state index >= 15 is 0 Å². The predicted molar refractivity (Wildman–Crippen MR) is 67.1 cm³/mol. The summed E-state index contributed by atoms with van der Waals surface area (Å²) in [7, 11) is 0. The van der Waals surface area contributed by atoms with Gasteiger partial charge in [-0.3, -0.25) is 0 Å². The Morgan fingerprint density at radius 3 is 2.13 bits per heavy atom. The Kier molecular flexibility index (Phi) is 4.34.